The second-order valence-electron chi connectivity index (χ2n) is 6.44. The summed E-state index contributed by atoms with van der Waals surface area (Å²) >= 11 is 0. The SMILES string of the molecule is CON=C(C(=O)OC)c1ccccc1CON=C(OC)c1cc(C(F)(F)F)cc(C(F)(F)F)c1. The van der Waals surface area contributed by atoms with Crippen molar-refractivity contribution in [1.29, 1.82) is 0 Å². The van der Waals surface area contributed by atoms with Crippen molar-refractivity contribution in [1.82, 2.24) is 0 Å². The fourth-order valence-corrected chi connectivity index (χ4v) is 2.71. The highest BCUT2D eigenvalue weighted by molar-refractivity contribution is 6.43. The van der Waals surface area contributed by atoms with Crippen LogP contribution in [0.2, 0.25) is 0 Å². The van der Waals surface area contributed by atoms with Crippen molar-refractivity contribution < 1.29 is 50.3 Å². The number of carbonyl (C=O) groups is 1. The highest BCUT2D eigenvalue weighted by atomic mass is 19.4. The number of halogens is 6. The van der Waals surface area contributed by atoms with Crippen LogP contribution < -0.4 is 0 Å². The zero-order valence-corrected chi connectivity index (χ0v) is 18.0. The Morgan fingerprint density at radius 3 is 1.94 bits per heavy atom. The molecule has 0 atom stereocenters. The molecular weight excluding hydrogens is 474 g/mol. The van der Waals surface area contributed by atoms with E-state index in [0.717, 1.165) is 14.2 Å². The summed E-state index contributed by atoms with van der Waals surface area (Å²) in [6, 6.07) is 7.09. The van der Waals surface area contributed by atoms with Gasteiger partial charge in [-0.15, -0.1) is 0 Å². The Kier molecular flexibility index (Phi) is 8.49. The first kappa shape index (κ1) is 26.5. The van der Waals surface area contributed by atoms with E-state index in [1.165, 1.54) is 19.2 Å². The Labute approximate surface area is 189 Å². The summed E-state index contributed by atoms with van der Waals surface area (Å²) in [5.41, 5.74) is -3.30. The van der Waals surface area contributed by atoms with Crippen LogP contribution in [-0.2, 0) is 42.9 Å². The first-order chi connectivity index (χ1) is 15.9. The molecule has 0 radical (unpaired) electrons. The lowest BCUT2D eigenvalue weighted by atomic mass is 10.0. The molecule has 0 aliphatic carbocycles. The number of oxime groups is 2. The van der Waals surface area contributed by atoms with E-state index in [0.29, 0.717) is 17.7 Å². The van der Waals surface area contributed by atoms with Crippen LogP contribution in [0.25, 0.3) is 0 Å². The minimum Gasteiger partial charge on any atom is -0.479 e. The molecule has 0 aliphatic rings. The lowest BCUT2D eigenvalue weighted by Crippen LogP contribution is -2.19. The van der Waals surface area contributed by atoms with Crippen LogP contribution in [0.15, 0.2) is 52.8 Å². The van der Waals surface area contributed by atoms with E-state index in [2.05, 4.69) is 19.9 Å². The summed E-state index contributed by atoms with van der Waals surface area (Å²) in [7, 11) is 3.35. The molecule has 13 heteroatoms. The fraction of sp³-hybridized carbons (Fsp3) is 0.286. The van der Waals surface area contributed by atoms with E-state index in [1.54, 1.807) is 12.1 Å². The van der Waals surface area contributed by atoms with Gasteiger partial charge in [0.2, 0.25) is 0 Å². The number of alkyl halides is 6. The third-order valence-corrected chi connectivity index (χ3v) is 4.23. The Morgan fingerprint density at radius 2 is 1.44 bits per heavy atom. The molecule has 0 aromatic heterocycles. The Balaban J connectivity index is 2.40. The van der Waals surface area contributed by atoms with Gasteiger partial charge in [-0.3, -0.25) is 0 Å². The molecule has 0 bridgehead atoms. The maximum atomic E-state index is 13.1. The first-order valence-electron chi connectivity index (χ1n) is 9.24. The maximum absolute atomic E-state index is 13.1. The third kappa shape index (κ3) is 6.62. The zero-order chi connectivity index (χ0) is 25.5. The topological polar surface area (TPSA) is 78.7 Å². The van der Waals surface area contributed by atoms with Crippen LogP contribution in [0.1, 0.15) is 27.8 Å². The van der Waals surface area contributed by atoms with Crippen molar-refractivity contribution in [2.75, 3.05) is 21.3 Å². The van der Waals surface area contributed by atoms with Gasteiger partial charge in [0.15, 0.2) is 5.71 Å². The van der Waals surface area contributed by atoms with Crippen molar-refractivity contribution in [3.8, 4) is 0 Å². The number of rotatable bonds is 7. The van der Waals surface area contributed by atoms with Gasteiger partial charge in [0, 0.05) is 16.7 Å². The fourth-order valence-electron chi connectivity index (χ4n) is 2.71. The molecule has 0 spiro atoms. The minimum atomic E-state index is -5.04. The van der Waals surface area contributed by atoms with Crippen molar-refractivity contribution in [3.63, 3.8) is 0 Å². The van der Waals surface area contributed by atoms with Crippen LogP contribution in [0.3, 0.4) is 0 Å². The number of nitrogens with zero attached hydrogens (tertiary/aromatic N) is 2. The van der Waals surface area contributed by atoms with Crippen molar-refractivity contribution in [2.45, 2.75) is 19.0 Å². The van der Waals surface area contributed by atoms with Gasteiger partial charge in [0.25, 0.3) is 5.90 Å². The standard InChI is InChI=1S/C21H18F6N2O5/c1-31-18(13-8-14(20(22,23)24)10-15(9-13)21(25,26)27)29-34-11-12-6-4-5-7-16(12)17(28-33-3)19(30)32-2/h4-10H,11H2,1-3H3. The Bertz CT molecular complexity index is 1050. The van der Waals surface area contributed by atoms with Crippen molar-refractivity contribution in [3.05, 3.63) is 70.3 Å². The largest absolute Gasteiger partial charge is 0.479 e. The summed E-state index contributed by atoms with van der Waals surface area (Å²) in [6.07, 6.45) is -10.1. The van der Waals surface area contributed by atoms with Crippen molar-refractivity contribution >= 4 is 17.6 Å². The quantitative estimate of drug-likeness (QED) is 0.183. The van der Waals surface area contributed by atoms with Crippen LogP contribution in [-0.4, -0.2) is 38.9 Å². The van der Waals surface area contributed by atoms with Gasteiger partial charge in [-0.1, -0.05) is 29.4 Å². The number of ether oxygens (including phenoxy) is 2. The highest BCUT2D eigenvalue weighted by Gasteiger charge is 2.37. The van der Waals surface area contributed by atoms with E-state index in [4.69, 9.17) is 9.57 Å². The third-order valence-electron chi connectivity index (χ3n) is 4.23. The summed E-state index contributed by atoms with van der Waals surface area (Å²) in [6.45, 7) is -0.353. The lowest BCUT2D eigenvalue weighted by molar-refractivity contribution is -0.143. The van der Waals surface area contributed by atoms with E-state index < -0.39 is 40.9 Å². The Morgan fingerprint density at radius 1 is 0.853 bits per heavy atom. The zero-order valence-electron chi connectivity index (χ0n) is 18.0. The predicted octanol–water partition coefficient (Wildman–Crippen LogP) is 4.77. The van der Waals surface area contributed by atoms with Gasteiger partial charge in [-0.05, 0) is 23.4 Å². The molecule has 2 aromatic carbocycles. The molecule has 0 fully saturated rings. The number of hydrogen-bond acceptors (Lipinski definition) is 7. The van der Waals surface area contributed by atoms with Crippen LogP contribution in [0.4, 0.5) is 26.3 Å². The van der Waals surface area contributed by atoms with E-state index in [9.17, 15) is 31.1 Å². The van der Waals surface area contributed by atoms with Gasteiger partial charge in [-0.25, -0.2) is 4.79 Å². The average molecular weight is 492 g/mol. The van der Waals surface area contributed by atoms with Gasteiger partial charge >= 0.3 is 18.3 Å². The summed E-state index contributed by atoms with van der Waals surface area (Å²) in [5, 5.41) is 7.15. The van der Waals surface area contributed by atoms with E-state index >= 15 is 0 Å². The van der Waals surface area contributed by atoms with Crippen molar-refractivity contribution in [2.24, 2.45) is 10.3 Å². The van der Waals surface area contributed by atoms with E-state index in [-0.39, 0.29) is 23.9 Å². The number of hydrogen-bond donors (Lipinski definition) is 0. The molecule has 0 amide bonds. The van der Waals surface area contributed by atoms with Gasteiger partial charge in [-0.2, -0.15) is 26.3 Å². The molecule has 0 aliphatic heterocycles. The average Bonchev–Trinajstić information content (AvgIpc) is 2.78. The molecule has 0 N–H and O–H groups in total. The normalized spacial score (nSPS) is 12.9. The van der Waals surface area contributed by atoms with E-state index in [1.807, 2.05) is 0 Å². The molecule has 0 heterocycles. The smallest absolute Gasteiger partial charge is 0.416 e. The molecule has 2 rings (SSSR count). The molecule has 7 nitrogen and oxygen atoms in total. The van der Waals surface area contributed by atoms with Gasteiger partial charge in [0.1, 0.15) is 13.7 Å². The monoisotopic (exact) mass is 492 g/mol. The minimum absolute atomic E-state index is 0.0165. The summed E-state index contributed by atoms with van der Waals surface area (Å²) in [5.74, 6) is -1.45. The number of benzene rings is 2. The summed E-state index contributed by atoms with van der Waals surface area (Å²) < 4.78 is 88.2. The maximum Gasteiger partial charge on any atom is 0.416 e. The molecule has 2 aromatic rings. The van der Waals surface area contributed by atoms with Crippen LogP contribution in [0.5, 0.6) is 0 Å². The van der Waals surface area contributed by atoms with Gasteiger partial charge < -0.3 is 19.1 Å². The molecule has 0 saturated heterocycles. The summed E-state index contributed by atoms with van der Waals surface area (Å²) in [4.78, 5) is 21.7. The molecule has 0 unspecified atom stereocenters. The number of esters is 1. The van der Waals surface area contributed by atoms with Crippen LogP contribution >= 0.6 is 0 Å². The molecule has 184 valence electrons. The Hall–Kier alpha value is -3.77. The predicted molar refractivity (Wildman–Crippen MR) is 107 cm³/mol. The molecular formula is C21H18F6N2O5. The highest BCUT2D eigenvalue weighted by Crippen LogP contribution is 2.36. The van der Waals surface area contributed by atoms with Gasteiger partial charge in [0.05, 0.1) is 25.3 Å². The first-order valence-corrected chi connectivity index (χ1v) is 9.24. The molecule has 0 saturated carbocycles. The lowest BCUT2D eigenvalue weighted by Gasteiger charge is -2.14. The molecule has 34 heavy (non-hydrogen) atoms. The van der Waals surface area contributed by atoms with Crippen LogP contribution in [0, 0.1) is 0 Å². The second kappa shape index (κ2) is 10.9. The number of methoxy groups -OCH3 is 2. The second-order valence-corrected chi connectivity index (χ2v) is 6.44. The number of carbonyl (C=O) groups excluding carboxylic acids is 1.